The number of benzene rings is 1. The summed E-state index contributed by atoms with van der Waals surface area (Å²) in [4.78, 5) is 10.8. The summed E-state index contributed by atoms with van der Waals surface area (Å²) >= 11 is 0. The molecule has 3 nitrogen and oxygen atoms in total. The van der Waals surface area contributed by atoms with Crippen LogP contribution in [0.1, 0.15) is 23.5 Å². The van der Waals surface area contributed by atoms with Crippen molar-refractivity contribution in [1.82, 2.24) is 0 Å². The number of methoxy groups -OCH3 is 1. The number of carbonyl (C=O) groups is 1. The van der Waals surface area contributed by atoms with Crippen molar-refractivity contribution in [3.05, 3.63) is 29.3 Å². The first kappa shape index (κ1) is 12.7. The van der Waals surface area contributed by atoms with Gasteiger partial charge in [-0.25, -0.2) is 0 Å². The second-order valence-electron chi connectivity index (χ2n) is 4.24. The number of alkyl halides is 3. The molecule has 1 aliphatic rings. The number of rotatable bonds is 3. The number of ether oxygens (including phenoxy) is 1. The van der Waals surface area contributed by atoms with E-state index in [-0.39, 0.29) is 5.92 Å². The lowest BCUT2D eigenvalue weighted by Gasteiger charge is -2.12. The first-order valence-electron chi connectivity index (χ1n) is 5.32. The standard InChI is InChI=1S/C12H11F3O3/c1-18-10-3-2-6(12(13,14)15)4-8(10)7-5-9(7)11(16)17/h2-4,7,9H,5H2,1H3,(H,16,17)/t7-,9+/m0/s1. The number of hydrogen-bond acceptors (Lipinski definition) is 2. The van der Waals surface area contributed by atoms with E-state index in [1.165, 1.54) is 13.2 Å². The van der Waals surface area contributed by atoms with Gasteiger partial charge in [-0.15, -0.1) is 0 Å². The molecule has 0 radical (unpaired) electrons. The molecule has 0 unspecified atom stereocenters. The van der Waals surface area contributed by atoms with E-state index in [4.69, 9.17) is 9.84 Å². The zero-order valence-electron chi connectivity index (χ0n) is 9.49. The first-order valence-corrected chi connectivity index (χ1v) is 5.32. The Hall–Kier alpha value is -1.72. The van der Waals surface area contributed by atoms with Crippen molar-refractivity contribution in [2.75, 3.05) is 7.11 Å². The SMILES string of the molecule is COc1ccc(C(F)(F)F)cc1[C@@H]1C[C@H]1C(=O)O. The Morgan fingerprint density at radius 1 is 1.44 bits per heavy atom. The fourth-order valence-electron chi connectivity index (χ4n) is 2.01. The highest BCUT2D eigenvalue weighted by molar-refractivity contribution is 5.75. The van der Waals surface area contributed by atoms with Crippen LogP contribution in [0.15, 0.2) is 18.2 Å². The van der Waals surface area contributed by atoms with Crippen molar-refractivity contribution in [1.29, 1.82) is 0 Å². The van der Waals surface area contributed by atoms with Gasteiger partial charge >= 0.3 is 12.1 Å². The van der Waals surface area contributed by atoms with E-state index < -0.39 is 23.6 Å². The van der Waals surface area contributed by atoms with Gasteiger partial charge in [0.1, 0.15) is 5.75 Å². The number of halogens is 3. The molecular weight excluding hydrogens is 249 g/mol. The second-order valence-corrected chi connectivity index (χ2v) is 4.24. The first-order chi connectivity index (χ1) is 8.34. The molecule has 6 heteroatoms. The molecule has 1 saturated carbocycles. The predicted molar refractivity (Wildman–Crippen MR) is 56.5 cm³/mol. The number of aliphatic carboxylic acids is 1. The van der Waals surface area contributed by atoms with Crippen molar-refractivity contribution in [2.45, 2.75) is 18.5 Å². The third-order valence-electron chi connectivity index (χ3n) is 3.06. The Morgan fingerprint density at radius 3 is 2.56 bits per heavy atom. The molecule has 0 spiro atoms. The maximum absolute atomic E-state index is 12.6. The average molecular weight is 260 g/mol. The molecule has 0 aromatic heterocycles. The molecule has 0 aliphatic heterocycles. The van der Waals surface area contributed by atoms with E-state index >= 15 is 0 Å². The monoisotopic (exact) mass is 260 g/mol. The molecule has 2 atom stereocenters. The molecule has 1 aromatic carbocycles. The van der Waals surface area contributed by atoms with Gasteiger partial charge in [-0.3, -0.25) is 4.79 Å². The van der Waals surface area contributed by atoms with E-state index in [0.717, 1.165) is 12.1 Å². The molecule has 1 aromatic rings. The lowest BCUT2D eigenvalue weighted by atomic mass is 10.0. The summed E-state index contributed by atoms with van der Waals surface area (Å²) < 4.78 is 42.7. The summed E-state index contributed by atoms with van der Waals surface area (Å²) in [6.07, 6.45) is -4.08. The highest BCUT2D eigenvalue weighted by Gasteiger charge is 2.46. The minimum absolute atomic E-state index is 0.303. The number of carboxylic acids is 1. The van der Waals surface area contributed by atoms with Crippen molar-refractivity contribution >= 4 is 5.97 Å². The maximum atomic E-state index is 12.6. The summed E-state index contributed by atoms with van der Waals surface area (Å²) in [5.74, 6) is -1.68. The summed E-state index contributed by atoms with van der Waals surface area (Å²) in [6.45, 7) is 0. The van der Waals surface area contributed by atoms with Crippen molar-refractivity contribution in [3.8, 4) is 5.75 Å². The molecule has 0 amide bonds. The minimum Gasteiger partial charge on any atom is -0.496 e. The van der Waals surface area contributed by atoms with E-state index in [1.54, 1.807) is 0 Å². The van der Waals surface area contributed by atoms with Gasteiger partial charge in [0.25, 0.3) is 0 Å². The Bertz CT molecular complexity index is 482. The van der Waals surface area contributed by atoms with E-state index in [9.17, 15) is 18.0 Å². The van der Waals surface area contributed by atoms with E-state index in [2.05, 4.69) is 0 Å². The van der Waals surface area contributed by atoms with Gasteiger partial charge in [0.15, 0.2) is 0 Å². The van der Waals surface area contributed by atoms with Crippen LogP contribution in [-0.2, 0) is 11.0 Å². The second kappa shape index (κ2) is 4.19. The maximum Gasteiger partial charge on any atom is 0.416 e. The largest absolute Gasteiger partial charge is 0.496 e. The van der Waals surface area contributed by atoms with Crippen LogP contribution in [0.25, 0.3) is 0 Å². The summed E-state index contributed by atoms with van der Waals surface area (Å²) in [5, 5.41) is 8.81. The lowest BCUT2D eigenvalue weighted by molar-refractivity contribution is -0.138. The summed E-state index contributed by atoms with van der Waals surface area (Å²) in [5.41, 5.74) is -0.464. The van der Waals surface area contributed by atoms with Gasteiger partial charge in [0, 0.05) is 5.92 Å². The lowest BCUT2D eigenvalue weighted by Crippen LogP contribution is -2.07. The molecule has 98 valence electrons. The Morgan fingerprint density at radius 2 is 2.11 bits per heavy atom. The van der Waals surface area contributed by atoms with Gasteiger partial charge in [0.2, 0.25) is 0 Å². The molecule has 0 heterocycles. The average Bonchev–Trinajstić information content (AvgIpc) is 3.06. The van der Waals surface area contributed by atoms with Crippen LogP contribution in [0.4, 0.5) is 13.2 Å². The van der Waals surface area contributed by atoms with Gasteiger partial charge in [-0.2, -0.15) is 13.2 Å². The molecule has 2 rings (SSSR count). The smallest absolute Gasteiger partial charge is 0.416 e. The third kappa shape index (κ3) is 2.27. The zero-order valence-corrected chi connectivity index (χ0v) is 9.49. The van der Waals surface area contributed by atoms with Crippen molar-refractivity contribution < 1.29 is 27.8 Å². The normalized spacial score (nSPS) is 22.7. The van der Waals surface area contributed by atoms with E-state index in [1.807, 2.05) is 0 Å². The Labute approximate surface area is 101 Å². The highest BCUT2D eigenvalue weighted by Crippen LogP contribution is 2.51. The van der Waals surface area contributed by atoms with Crippen molar-refractivity contribution in [2.24, 2.45) is 5.92 Å². The van der Waals surface area contributed by atoms with Crippen LogP contribution in [0.3, 0.4) is 0 Å². The topological polar surface area (TPSA) is 46.5 Å². The third-order valence-corrected chi connectivity index (χ3v) is 3.06. The number of hydrogen-bond donors (Lipinski definition) is 1. The molecule has 1 N–H and O–H groups in total. The van der Waals surface area contributed by atoms with Crippen LogP contribution in [0, 0.1) is 5.92 Å². The Kier molecular flexibility index (Phi) is 2.96. The Balaban J connectivity index is 2.36. The molecule has 0 bridgehead atoms. The predicted octanol–water partition coefficient (Wildman–Crippen LogP) is 2.90. The van der Waals surface area contributed by atoms with Crippen LogP contribution < -0.4 is 4.74 Å². The summed E-state index contributed by atoms with van der Waals surface area (Å²) in [7, 11) is 1.35. The van der Waals surface area contributed by atoms with Crippen LogP contribution in [0.2, 0.25) is 0 Å². The van der Waals surface area contributed by atoms with Gasteiger partial charge in [0.05, 0.1) is 18.6 Å². The van der Waals surface area contributed by atoms with E-state index in [0.29, 0.717) is 17.7 Å². The van der Waals surface area contributed by atoms with Crippen molar-refractivity contribution in [3.63, 3.8) is 0 Å². The van der Waals surface area contributed by atoms with Gasteiger partial charge in [-0.05, 0) is 30.2 Å². The highest BCUT2D eigenvalue weighted by atomic mass is 19.4. The zero-order chi connectivity index (χ0) is 13.5. The molecular formula is C12H11F3O3. The molecule has 18 heavy (non-hydrogen) atoms. The van der Waals surface area contributed by atoms with Crippen LogP contribution in [0.5, 0.6) is 5.75 Å². The molecule has 1 fully saturated rings. The van der Waals surface area contributed by atoms with Crippen LogP contribution >= 0.6 is 0 Å². The molecule has 1 aliphatic carbocycles. The quantitative estimate of drug-likeness (QED) is 0.908. The van der Waals surface area contributed by atoms with Gasteiger partial charge < -0.3 is 9.84 Å². The fourth-order valence-corrected chi connectivity index (χ4v) is 2.01. The minimum atomic E-state index is -4.44. The summed E-state index contributed by atoms with van der Waals surface area (Å²) in [6, 6.07) is 3.14. The van der Waals surface area contributed by atoms with Gasteiger partial charge in [-0.1, -0.05) is 0 Å². The molecule has 0 saturated heterocycles. The van der Waals surface area contributed by atoms with Crippen LogP contribution in [-0.4, -0.2) is 18.2 Å². The number of carboxylic acid groups (broad SMARTS) is 1. The fraction of sp³-hybridized carbons (Fsp3) is 0.417.